The van der Waals surface area contributed by atoms with E-state index in [-0.39, 0.29) is 31.6 Å². The van der Waals surface area contributed by atoms with Crippen LogP contribution in [-0.4, -0.2) is 57.6 Å². The zero-order valence-corrected chi connectivity index (χ0v) is 26.6. The minimum Gasteiger partial charge on any atom is -0.481 e. The van der Waals surface area contributed by atoms with Crippen LogP contribution in [0.2, 0.25) is 0 Å². The summed E-state index contributed by atoms with van der Waals surface area (Å²) in [6.07, 6.45) is 1.26. The number of aliphatic carboxylic acids is 1. The quantitative estimate of drug-likeness (QED) is 0.202. The maximum atomic E-state index is 14.8. The number of ether oxygens (including phenoxy) is 1. The molecule has 3 rings (SSSR count). The number of carboxylic acids is 1. The molecule has 1 heterocycles. The highest BCUT2D eigenvalue weighted by Gasteiger charge is 2.32. The van der Waals surface area contributed by atoms with Crippen molar-refractivity contribution in [3.63, 3.8) is 0 Å². The van der Waals surface area contributed by atoms with Crippen molar-refractivity contribution in [2.45, 2.75) is 78.5 Å². The molecule has 10 nitrogen and oxygen atoms in total. The summed E-state index contributed by atoms with van der Waals surface area (Å²) in [4.78, 5) is 36.4. The number of amides is 2. The second kappa shape index (κ2) is 15.1. The Hall–Kier alpha value is -4.32. The summed E-state index contributed by atoms with van der Waals surface area (Å²) in [5.74, 6) is -2.83. The van der Waals surface area contributed by atoms with E-state index in [2.05, 4.69) is 16.0 Å². The van der Waals surface area contributed by atoms with Crippen molar-refractivity contribution >= 4 is 18.0 Å². The number of alkyl carbamates (subject to hydrolysis) is 1. The predicted molar refractivity (Wildman–Crippen MR) is 166 cm³/mol. The van der Waals surface area contributed by atoms with Gasteiger partial charge in [0.25, 0.3) is 0 Å². The molecule has 0 bridgehead atoms. The first-order chi connectivity index (χ1) is 21.0. The van der Waals surface area contributed by atoms with Crippen LogP contribution < -0.4 is 16.0 Å². The molecule has 0 radical (unpaired) electrons. The van der Waals surface area contributed by atoms with Crippen molar-refractivity contribution in [2.75, 3.05) is 13.1 Å². The number of hydrogen-bond acceptors (Lipinski definition) is 6. The highest BCUT2D eigenvalue weighted by Crippen LogP contribution is 2.35. The zero-order chi connectivity index (χ0) is 33.4. The normalized spacial score (nSPS) is 13.2. The van der Waals surface area contributed by atoms with E-state index in [9.17, 15) is 23.2 Å². The minimum absolute atomic E-state index is 0.0251. The Morgan fingerprint density at radius 3 is 2.31 bits per heavy atom. The van der Waals surface area contributed by atoms with E-state index in [0.29, 0.717) is 12.1 Å². The molecule has 0 unspecified atom stereocenters. The van der Waals surface area contributed by atoms with Crippen molar-refractivity contribution < 1.29 is 33.0 Å². The first kappa shape index (κ1) is 35.2. The highest BCUT2D eigenvalue weighted by atomic mass is 19.1. The molecule has 244 valence electrons. The van der Waals surface area contributed by atoms with Crippen LogP contribution in [0.1, 0.15) is 77.2 Å². The molecule has 45 heavy (non-hydrogen) atoms. The fraction of sp³-hybridized carbons (Fsp3) is 0.455. The third-order valence-corrected chi connectivity index (χ3v) is 6.78. The monoisotopic (exact) mass is 627 g/mol. The molecule has 0 spiro atoms. The van der Waals surface area contributed by atoms with Crippen LogP contribution in [0, 0.1) is 17.0 Å². The van der Waals surface area contributed by atoms with Crippen LogP contribution >= 0.6 is 0 Å². The van der Waals surface area contributed by atoms with Crippen molar-refractivity contribution in [1.29, 1.82) is 0 Å². The largest absolute Gasteiger partial charge is 0.481 e. The van der Waals surface area contributed by atoms with Gasteiger partial charge in [-0.3, -0.25) is 9.59 Å². The third-order valence-electron chi connectivity index (χ3n) is 6.78. The van der Waals surface area contributed by atoms with E-state index in [0.717, 1.165) is 29.3 Å². The Morgan fingerprint density at radius 1 is 1.00 bits per heavy atom. The Labute approximate surface area is 262 Å². The molecule has 0 saturated heterocycles. The summed E-state index contributed by atoms with van der Waals surface area (Å²) in [7, 11) is 0. The summed E-state index contributed by atoms with van der Waals surface area (Å²) in [5, 5.41) is 22.3. The lowest BCUT2D eigenvalue weighted by molar-refractivity contribution is -0.137. The van der Waals surface area contributed by atoms with Crippen molar-refractivity contribution in [3.8, 4) is 5.69 Å². The number of aromatic nitrogens is 2. The summed E-state index contributed by atoms with van der Waals surface area (Å²) in [5.41, 5.74) is 1.18. The summed E-state index contributed by atoms with van der Waals surface area (Å²) in [6, 6.07) is 11.5. The second-order valence-corrected chi connectivity index (χ2v) is 12.9. The SMILES string of the molecule is CC(C)(C)OC(=O)N[C@@H](CCN[C@@H](c1nn(-c2cc(F)ccc2F)cc1Cc1ccccc1)C(C)(C)C)C(=O)NCCC(=O)O. The van der Waals surface area contributed by atoms with E-state index in [4.69, 9.17) is 14.9 Å². The van der Waals surface area contributed by atoms with E-state index >= 15 is 0 Å². The fourth-order valence-electron chi connectivity index (χ4n) is 4.72. The Kier molecular flexibility index (Phi) is 11.8. The summed E-state index contributed by atoms with van der Waals surface area (Å²) in [6.45, 7) is 11.3. The van der Waals surface area contributed by atoms with Gasteiger partial charge in [0.15, 0.2) is 0 Å². The molecule has 0 saturated carbocycles. The Balaban J connectivity index is 1.90. The third kappa shape index (κ3) is 11.0. The molecule has 0 aliphatic carbocycles. The van der Waals surface area contributed by atoms with Crippen molar-refractivity contribution in [1.82, 2.24) is 25.7 Å². The summed E-state index contributed by atoms with van der Waals surface area (Å²) >= 11 is 0. The molecule has 1 aromatic heterocycles. The lowest BCUT2D eigenvalue weighted by Gasteiger charge is -2.32. The van der Waals surface area contributed by atoms with Gasteiger partial charge in [-0.05, 0) is 62.4 Å². The maximum absolute atomic E-state index is 14.8. The standard InChI is InChI=1S/C33H43F2N5O5/c1-32(2,3)29(36-16-14-25(30(43)37-17-15-27(41)42)38-31(44)45-33(4,5)6)28-22(18-21-10-8-7-9-11-21)20-40(39-28)26-19-23(34)12-13-24(26)35/h7-13,19-20,25,29,36H,14-18H2,1-6H3,(H,37,43)(H,38,44)(H,41,42)/t25-,29-/m0/s1. The van der Waals surface area contributed by atoms with Crippen LogP contribution in [0.15, 0.2) is 54.7 Å². The van der Waals surface area contributed by atoms with Gasteiger partial charge in [-0.15, -0.1) is 0 Å². The first-order valence-corrected chi connectivity index (χ1v) is 14.8. The van der Waals surface area contributed by atoms with Gasteiger partial charge in [-0.25, -0.2) is 18.3 Å². The number of nitrogens with zero attached hydrogens (tertiary/aromatic N) is 2. The molecule has 0 aliphatic heterocycles. The van der Waals surface area contributed by atoms with Crippen LogP contribution in [0.25, 0.3) is 5.69 Å². The predicted octanol–water partition coefficient (Wildman–Crippen LogP) is 5.29. The molecule has 0 aliphatic rings. The van der Waals surface area contributed by atoms with E-state index in [1.807, 2.05) is 51.1 Å². The number of hydrogen-bond donors (Lipinski definition) is 4. The van der Waals surface area contributed by atoms with E-state index in [1.54, 1.807) is 27.0 Å². The molecule has 3 aromatic rings. The first-order valence-electron chi connectivity index (χ1n) is 14.8. The average molecular weight is 628 g/mol. The van der Waals surface area contributed by atoms with Crippen LogP contribution in [0.5, 0.6) is 0 Å². The molecule has 2 atom stereocenters. The molecular weight excluding hydrogens is 584 g/mol. The number of carbonyl (C=O) groups is 3. The van der Waals surface area contributed by atoms with Gasteiger partial charge >= 0.3 is 12.1 Å². The molecule has 4 N–H and O–H groups in total. The van der Waals surface area contributed by atoms with Gasteiger partial charge in [0.05, 0.1) is 18.2 Å². The minimum atomic E-state index is -1.06. The second-order valence-electron chi connectivity index (χ2n) is 12.9. The molecule has 12 heteroatoms. The van der Waals surface area contributed by atoms with Gasteiger partial charge in [0.1, 0.15) is 29.0 Å². The fourth-order valence-corrected chi connectivity index (χ4v) is 4.72. The highest BCUT2D eigenvalue weighted by molar-refractivity contribution is 5.86. The van der Waals surface area contributed by atoms with Crippen molar-refractivity contribution in [2.24, 2.45) is 5.41 Å². The number of carbonyl (C=O) groups excluding carboxylic acids is 2. The van der Waals surface area contributed by atoms with Crippen LogP contribution in [0.4, 0.5) is 13.6 Å². The average Bonchev–Trinajstić information content (AvgIpc) is 3.32. The van der Waals surface area contributed by atoms with E-state index in [1.165, 1.54) is 4.68 Å². The van der Waals surface area contributed by atoms with Crippen LogP contribution in [0.3, 0.4) is 0 Å². The molecule has 2 amide bonds. The number of benzene rings is 2. The Morgan fingerprint density at radius 2 is 1.69 bits per heavy atom. The topological polar surface area (TPSA) is 135 Å². The van der Waals surface area contributed by atoms with Gasteiger partial charge in [-0.1, -0.05) is 51.1 Å². The van der Waals surface area contributed by atoms with Crippen molar-refractivity contribution in [3.05, 3.63) is 83.2 Å². The van der Waals surface area contributed by atoms with Gasteiger partial charge in [0, 0.05) is 25.2 Å². The number of carboxylic acid groups (broad SMARTS) is 1. The van der Waals surface area contributed by atoms with Gasteiger partial charge in [-0.2, -0.15) is 5.10 Å². The smallest absolute Gasteiger partial charge is 0.408 e. The molecule has 2 aromatic carbocycles. The van der Waals surface area contributed by atoms with E-state index < -0.39 is 52.7 Å². The van der Waals surface area contributed by atoms with Crippen LogP contribution in [-0.2, 0) is 20.7 Å². The lowest BCUT2D eigenvalue weighted by atomic mass is 9.83. The molecular formula is C33H43F2N5O5. The number of rotatable bonds is 13. The number of nitrogens with one attached hydrogen (secondary N) is 3. The zero-order valence-electron chi connectivity index (χ0n) is 26.6. The lowest BCUT2D eigenvalue weighted by Crippen LogP contribution is -2.50. The van der Waals surface area contributed by atoms with Gasteiger partial charge < -0.3 is 25.8 Å². The maximum Gasteiger partial charge on any atom is 0.408 e. The molecule has 0 fully saturated rings. The Bertz CT molecular complexity index is 1460. The number of halogens is 2. The summed E-state index contributed by atoms with van der Waals surface area (Å²) < 4.78 is 35.6. The van der Waals surface area contributed by atoms with Gasteiger partial charge in [0.2, 0.25) is 5.91 Å².